The number of rotatable bonds is 13. The lowest BCUT2D eigenvalue weighted by atomic mass is 10.0. The number of carboxylic acids is 1. The van der Waals surface area contributed by atoms with Crippen LogP contribution in [-0.4, -0.2) is 59.9 Å². The molecule has 0 radical (unpaired) electrons. The molecule has 4 rings (SSSR count). The van der Waals surface area contributed by atoms with Crippen molar-refractivity contribution in [2.75, 3.05) is 18.5 Å². The molecule has 0 spiro atoms. The number of aliphatic carboxylic acids is 1. The zero-order valence-corrected chi connectivity index (χ0v) is 21.7. The topological polar surface area (TPSA) is 175 Å². The zero-order valence-electron chi connectivity index (χ0n) is 20.9. The number of nitrogens with zero attached hydrogens (tertiary/aromatic N) is 2. The van der Waals surface area contributed by atoms with Gasteiger partial charge in [-0.25, -0.2) is 18.2 Å². The SMILES string of the molecule is Cc1c[nH]c(NCCCCCC(NC(=O)C2=NOCC2)(NS(=O)(=O)c2cccc3ccccc23)C(=O)O)n1. The van der Waals surface area contributed by atoms with Crippen molar-refractivity contribution in [1.29, 1.82) is 0 Å². The first-order valence-electron chi connectivity index (χ1n) is 12.2. The highest BCUT2D eigenvalue weighted by Crippen LogP contribution is 2.25. The lowest BCUT2D eigenvalue weighted by molar-refractivity contribution is -0.148. The smallest absolute Gasteiger partial charge is 0.345 e. The molecule has 38 heavy (non-hydrogen) atoms. The van der Waals surface area contributed by atoms with Gasteiger partial charge in [0.05, 0.1) is 10.6 Å². The Morgan fingerprint density at radius 1 is 1.13 bits per heavy atom. The predicted molar refractivity (Wildman–Crippen MR) is 141 cm³/mol. The predicted octanol–water partition coefficient (Wildman–Crippen LogP) is 2.50. The molecule has 5 N–H and O–H groups in total. The summed E-state index contributed by atoms with van der Waals surface area (Å²) in [6.07, 6.45) is 3.32. The zero-order chi connectivity index (χ0) is 27.2. The minimum Gasteiger partial charge on any atom is -0.478 e. The van der Waals surface area contributed by atoms with Gasteiger partial charge in [-0.3, -0.25) is 4.79 Å². The number of carbonyl (C=O) groups excluding carboxylic acids is 1. The lowest BCUT2D eigenvalue weighted by Gasteiger charge is -2.31. The number of sulfonamides is 1. The number of aryl methyl sites for hydroxylation is 1. The van der Waals surface area contributed by atoms with E-state index < -0.39 is 27.6 Å². The Labute approximate surface area is 219 Å². The number of benzene rings is 2. The summed E-state index contributed by atoms with van der Waals surface area (Å²) in [5, 5.41) is 20.5. The molecule has 0 saturated carbocycles. The molecule has 12 nitrogen and oxygen atoms in total. The number of nitrogens with one attached hydrogen (secondary N) is 4. The van der Waals surface area contributed by atoms with Crippen molar-refractivity contribution >= 4 is 44.3 Å². The third-order valence-electron chi connectivity index (χ3n) is 6.13. The summed E-state index contributed by atoms with van der Waals surface area (Å²) < 4.78 is 29.4. The average Bonchev–Trinajstić information content (AvgIpc) is 3.57. The van der Waals surface area contributed by atoms with E-state index in [0.29, 0.717) is 42.5 Å². The number of unbranched alkanes of at least 4 members (excludes halogenated alkanes) is 2. The van der Waals surface area contributed by atoms with E-state index in [1.807, 2.05) is 6.92 Å². The van der Waals surface area contributed by atoms with Gasteiger partial charge in [0, 0.05) is 24.5 Å². The summed E-state index contributed by atoms with van der Waals surface area (Å²) >= 11 is 0. The summed E-state index contributed by atoms with van der Waals surface area (Å²) in [4.78, 5) is 37.5. The summed E-state index contributed by atoms with van der Waals surface area (Å²) in [6.45, 7) is 2.63. The molecule has 13 heteroatoms. The van der Waals surface area contributed by atoms with E-state index in [9.17, 15) is 23.1 Å². The Morgan fingerprint density at radius 3 is 2.63 bits per heavy atom. The van der Waals surface area contributed by atoms with Crippen LogP contribution in [0.1, 0.15) is 37.8 Å². The Kier molecular flexibility index (Phi) is 8.27. The minimum absolute atomic E-state index is 0.00192. The van der Waals surface area contributed by atoms with E-state index in [0.717, 1.165) is 5.69 Å². The van der Waals surface area contributed by atoms with Crippen molar-refractivity contribution in [1.82, 2.24) is 20.0 Å². The molecule has 3 aromatic rings. The molecule has 2 aromatic carbocycles. The Bertz CT molecular complexity index is 1450. The maximum atomic E-state index is 13.6. The maximum Gasteiger partial charge on any atom is 0.345 e. The minimum atomic E-state index is -4.38. The summed E-state index contributed by atoms with van der Waals surface area (Å²) in [5.74, 6) is -1.70. The van der Waals surface area contributed by atoms with Gasteiger partial charge >= 0.3 is 5.97 Å². The van der Waals surface area contributed by atoms with Gasteiger partial charge in [-0.1, -0.05) is 48.0 Å². The number of oxime groups is 1. The van der Waals surface area contributed by atoms with E-state index >= 15 is 0 Å². The van der Waals surface area contributed by atoms with Crippen molar-refractivity contribution < 1.29 is 28.0 Å². The van der Waals surface area contributed by atoms with Crippen molar-refractivity contribution in [3.8, 4) is 0 Å². The number of carbonyl (C=O) groups is 2. The number of imidazole rings is 1. The molecular weight excluding hydrogens is 512 g/mol. The van der Waals surface area contributed by atoms with Gasteiger partial charge in [0.25, 0.3) is 5.91 Å². The van der Waals surface area contributed by atoms with E-state index in [-0.39, 0.29) is 30.1 Å². The number of aromatic amines is 1. The molecule has 202 valence electrons. The maximum absolute atomic E-state index is 13.6. The summed E-state index contributed by atoms with van der Waals surface area (Å²) in [6, 6.07) is 11.6. The standard InChI is InChI=1S/C25H30N6O6S/c1-17-16-27-24(28-17)26-14-6-2-5-13-25(23(33)34,29-22(32)20-12-15-37-30-20)31-38(35,36)21-11-7-9-18-8-3-4-10-19(18)21/h3-4,7-11,16,31H,2,5-6,12-15H2,1H3,(H,29,32)(H,33,34)(H2,26,27,28). The number of hydrogen-bond acceptors (Lipinski definition) is 8. The molecule has 1 aliphatic rings. The van der Waals surface area contributed by atoms with Crippen molar-refractivity contribution in [2.45, 2.75) is 49.6 Å². The highest BCUT2D eigenvalue weighted by Gasteiger charge is 2.45. The van der Waals surface area contributed by atoms with Crippen LogP contribution < -0.4 is 15.4 Å². The van der Waals surface area contributed by atoms with Crippen LogP contribution >= 0.6 is 0 Å². The second-order valence-electron chi connectivity index (χ2n) is 9.00. The van der Waals surface area contributed by atoms with Crippen LogP contribution in [-0.2, 0) is 24.4 Å². The number of amides is 1. The number of H-pyrrole nitrogens is 1. The number of carboxylic acid groups (broad SMARTS) is 1. The van der Waals surface area contributed by atoms with Crippen molar-refractivity contribution in [3.05, 3.63) is 54.4 Å². The van der Waals surface area contributed by atoms with Crippen LogP contribution in [0.3, 0.4) is 0 Å². The van der Waals surface area contributed by atoms with Crippen LogP contribution in [0.2, 0.25) is 0 Å². The van der Waals surface area contributed by atoms with E-state index in [2.05, 4.69) is 30.5 Å². The quantitative estimate of drug-likeness (QED) is 0.162. The molecule has 0 fully saturated rings. The fourth-order valence-electron chi connectivity index (χ4n) is 4.19. The second kappa shape index (κ2) is 11.6. The van der Waals surface area contributed by atoms with E-state index in [1.165, 1.54) is 6.07 Å². The molecule has 1 unspecified atom stereocenters. The molecule has 2 heterocycles. The first-order valence-corrected chi connectivity index (χ1v) is 13.7. The third-order valence-corrected chi connectivity index (χ3v) is 7.69. The van der Waals surface area contributed by atoms with Crippen LogP contribution in [0.5, 0.6) is 0 Å². The summed E-state index contributed by atoms with van der Waals surface area (Å²) in [5.41, 5.74) is -1.45. The van der Waals surface area contributed by atoms with E-state index in [1.54, 1.807) is 42.6 Å². The van der Waals surface area contributed by atoms with Gasteiger partial charge in [0.15, 0.2) is 5.95 Å². The van der Waals surface area contributed by atoms with Gasteiger partial charge in [-0.2, -0.15) is 4.72 Å². The first kappa shape index (κ1) is 27.1. The van der Waals surface area contributed by atoms with Crippen molar-refractivity contribution in [3.63, 3.8) is 0 Å². The van der Waals surface area contributed by atoms with Crippen LogP contribution in [0.25, 0.3) is 10.8 Å². The molecule has 1 aromatic heterocycles. The highest BCUT2D eigenvalue weighted by atomic mass is 32.2. The highest BCUT2D eigenvalue weighted by molar-refractivity contribution is 7.89. The molecule has 0 bridgehead atoms. The number of hydrogen-bond donors (Lipinski definition) is 5. The average molecular weight is 543 g/mol. The van der Waals surface area contributed by atoms with E-state index in [4.69, 9.17) is 4.84 Å². The molecule has 1 aliphatic heterocycles. The molecule has 0 aliphatic carbocycles. The molecule has 0 saturated heterocycles. The molecular formula is C25H30N6O6S. The fraction of sp³-hybridized carbons (Fsp3) is 0.360. The fourth-order valence-corrected chi connectivity index (χ4v) is 5.74. The van der Waals surface area contributed by atoms with Gasteiger partial charge in [-0.15, -0.1) is 0 Å². The van der Waals surface area contributed by atoms with Crippen LogP contribution in [0.4, 0.5) is 5.95 Å². The normalized spacial score (nSPS) is 14.9. The van der Waals surface area contributed by atoms with Gasteiger partial charge in [0.1, 0.15) is 12.3 Å². The molecule has 1 amide bonds. The second-order valence-corrected chi connectivity index (χ2v) is 10.6. The third kappa shape index (κ3) is 6.29. The van der Waals surface area contributed by atoms with Gasteiger partial charge < -0.3 is 25.6 Å². The van der Waals surface area contributed by atoms with Gasteiger partial charge in [0.2, 0.25) is 15.7 Å². The Hall–Kier alpha value is -3.97. The first-order chi connectivity index (χ1) is 18.2. The Balaban J connectivity index is 1.53. The number of fused-ring (bicyclic) bond motifs is 1. The van der Waals surface area contributed by atoms with Crippen LogP contribution in [0, 0.1) is 6.92 Å². The van der Waals surface area contributed by atoms with Crippen LogP contribution in [0.15, 0.2) is 58.7 Å². The monoisotopic (exact) mass is 542 g/mol. The Morgan fingerprint density at radius 2 is 1.92 bits per heavy atom. The van der Waals surface area contributed by atoms with Gasteiger partial charge in [-0.05, 0) is 37.6 Å². The lowest BCUT2D eigenvalue weighted by Crippen LogP contribution is -2.66. The number of anilines is 1. The summed E-state index contributed by atoms with van der Waals surface area (Å²) in [7, 11) is -4.38. The number of aromatic nitrogens is 2. The molecule has 1 atom stereocenters. The van der Waals surface area contributed by atoms with Crippen molar-refractivity contribution in [2.24, 2.45) is 5.16 Å². The largest absolute Gasteiger partial charge is 0.478 e.